The molecule has 2 fully saturated rings. The van der Waals surface area contributed by atoms with E-state index in [0.717, 1.165) is 35.9 Å². The molecule has 0 N–H and O–H groups in total. The van der Waals surface area contributed by atoms with E-state index in [0.29, 0.717) is 25.9 Å². The fourth-order valence-corrected chi connectivity index (χ4v) is 4.25. The van der Waals surface area contributed by atoms with Gasteiger partial charge in [0.15, 0.2) is 0 Å². The van der Waals surface area contributed by atoms with E-state index >= 15 is 0 Å². The molecule has 2 heterocycles. The lowest BCUT2D eigenvalue weighted by molar-refractivity contribution is -0.143. The van der Waals surface area contributed by atoms with Crippen molar-refractivity contribution < 1.29 is 14.3 Å². The normalized spacial score (nSPS) is 21.7. The summed E-state index contributed by atoms with van der Waals surface area (Å²) in [6, 6.07) is 7.73. The highest BCUT2D eigenvalue weighted by molar-refractivity contribution is 7.99. The highest BCUT2D eigenvalue weighted by Crippen LogP contribution is 2.25. The zero-order valence-electron chi connectivity index (χ0n) is 14.1. The van der Waals surface area contributed by atoms with Gasteiger partial charge in [-0.2, -0.15) is 11.8 Å². The summed E-state index contributed by atoms with van der Waals surface area (Å²) in [5.41, 5.74) is 0.982. The first-order valence-electron chi connectivity index (χ1n) is 8.45. The topological polar surface area (TPSA) is 49.9 Å². The second-order valence-electron chi connectivity index (χ2n) is 6.26. The number of carbonyl (C=O) groups is 2. The van der Waals surface area contributed by atoms with E-state index in [1.54, 1.807) is 7.11 Å². The van der Waals surface area contributed by atoms with Crippen LogP contribution in [0, 0.1) is 5.92 Å². The average molecular weight is 348 g/mol. The van der Waals surface area contributed by atoms with Gasteiger partial charge in [-0.15, -0.1) is 0 Å². The summed E-state index contributed by atoms with van der Waals surface area (Å²) >= 11 is 1.90. The smallest absolute Gasteiger partial charge is 0.227 e. The fraction of sp³-hybridized carbons (Fsp3) is 0.556. The number of hydrogen-bond acceptors (Lipinski definition) is 4. The van der Waals surface area contributed by atoms with Gasteiger partial charge in [0.05, 0.1) is 13.0 Å². The van der Waals surface area contributed by atoms with E-state index < -0.39 is 0 Å². The standard InChI is InChI=1S/C18H24N2O3S/c1-23-16-5-3-2-4-14(16)12-20-13-15(6-7-17(20)21)18(22)19-8-10-24-11-9-19/h2-5,15H,6-13H2,1H3/t15-/m1/s1. The second kappa shape index (κ2) is 7.92. The van der Waals surface area contributed by atoms with Crippen LogP contribution in [0.4, 0.5) is 0 Å². The van der Waals surface area contributed by atoms with Gasteiger partial charge in [0.2, 0.25) is 11.8 Å². The quantitative estimate of drug-likeness (QED) is 0.835. The molecule has 2 amide bonds. The minimum atomic E-state index is -0.0690. The molecule has 0 spiro atoms. The third-order valence-electron chi connectivity index (χ3n) is 4.73. The number of amides is 2. The summed E-state index contributed by atoms with van der Waals surface area (Å²) in [5.74, 6) is 3.09. The highest BCUT2D eigenvalue weighted by atomic mass is 32.2. The van der Waals surface area contributed by atoms with E-state index in [1.165, 1.54) is 0 Å². The number of carbonyl (C=O) groups excluding carboxylic acids is 2. The van der Waals surface area contributed by atoms with Crippen molar-refractivity contribution in [3.05, 3.63) is 29.8 Å². The van der Waals surface area contributed by atoms with Gasteiger partial charge in [0.25, 0.3) is 0 Å². The maximum absolute atomic E-state index is 12.7. The molecule has 1 aromatic rings. The Kier molecular flexibility index (Phi) is 5.66. The Balaban J connectivity index is 1.67. The Hall–Kier alpha value is -1.69. The molecule has 0 saturated carbocycles. The molecule has 130 valence electrons. The summed E-state index contributed by atoms with van der Waals surface area (Å²) in [4.78, 5) is 28.8. The number of benzene rings is 1. The van der Waals surface area contributed by atoms with Gasteiger partial charge < -0.3 is 14.5 Å². The Labute approximate surface area is 147 Å². The van der Waals surface area contributed by atoms with E-state index in [1.807, 2.05) is 45.8 Å². The molecule has 2 aliphatic rings. The van der Waals surface area contributed by atoms with Crippen LogP contribution in [0.3, 0.4) is 0 Å². The van der Waals surface area contributed by atoms with Crippen LogP contribution in [0.5, 0.6) is 5.75 Å². The largest absolute Gasteiger partial charge is 0.496 e. The molecular weight excluding hydrogens is 324 g/mol. The van der Waals surface area contributed by atoms with Crippen LogP contribution in [0.2, 0.25) is 0 Å². The molecular formula is C18H24N2O3S. The van der Waals surface area contributed by atoms with Crippen molar-refractivity contribution in [2.45, 2.75) is 19.4 Å². The van der Waals surface area contributed by atoms with Crippen LogP contribution in [0.25, 0.3) is 0 Å². The predicted molar refractivity (Wildman–Crippen MR) is 95.0 cm³/mol. The van der Waals surface area contributed by atoms with Gasteiger partial charge in [-0.25, -0.2) is 0 Å². The van der Waals surface area contributed by atoms with E-state index in [4.69, 9.17) is 4.74 Å². The molecule has 2 aliphatic heterocycles. The molecule has 3 rings (SSSR count). The first-order chi connectivity index (χ1) is 11.7. The van der Waals surface area contributed by atoms with Crippen LogP contribution >= 0.6 is 11.8 Å². The molecule has 1 aromatic carbocycles. The fourth-order valence-electron chi connectivity index (χ4n) is 3.35. The SMILES string of the molecule is COc1ccccc1CN1C[C@H](C(=O)N2CCSCC2)CCC1=O. The van der Waals surface area contributed by atoms with Gasteiger partial charge in [-0.1, -0.05) is 18.2 Å². The van der Waals surface area contributed by atoms with Crippen molar-refractivity contribution >= 4 is 23.6 Å². The number of para-hydroxylation sites is 1. The van der Waals surface area contributed by atoms with E-state index in [9.17, 15) is 9.59 Å². The molecule has 24 heavy (non-hydrogen) atoms. The summed E-state index contributed by atoms with van der Waals surface area (Å²) in [7, 11) is 1.64. The first kappa shape index (κ1) is 17.1. The zero-order chi connectivity index (χ0) is 16.9. The number of methoxy groups -OCH3 is 1. The monoisotopic (exact) mass is 348 g/mol. The molecule has 2 saturated heterocycles. The van der Waals surface area contributed by atoms with Crippen molar-refractivity contribution in [1.82, 2.24) is 9.80 Å². The van der Waals surface area contributed by atoms with Crippen molar-refractivity contribution in [3.8, 4) is 5.75 Å². The van der Waals surface area contributed by atoms with E-state index in [-0.39, 0.29) is 17.7 Å². The molecule has 1 atom stereocenters. The number of hydrogen-bond donors (Lipinski definition) is 0. The number of piperidine rings is 1. The Morgan fingerprint density at radius 2 is 2.04 bits per heavy atom. The van der Waals surface area contributed by atoms with Crippen molar-refractivity contribution in [2.75, 3.05) is 38.2 Å². The van der Waals surface area contributed by atoms with Gasteiger partial charge in [0.1, 0.15) is 5.75 Å². The van der Waals surface area contributed by atoms with E-state index in [2.05, 4.69) is 0 Å². The minimum Gasteiger partial charge on any atom is -0.496 e. The molecule has 0 aromatic heterocycles. The van der Waals surface area contributed by atoms with Crippen molar-refractivity contribution in [2.24, 2.45) is 5.92 Å². The lowest BCUT2D eigenvalue weighted by Crippen LogP contribution is -2.48. The Morgan fingerprint density at radius 3 is 2.79 bits per heavy atom. The lowest BCUT2D eigenvalue weighted by atomic mass is 9.95. The molecule has 0 bridgehead atoms. The van der Waals surface area contributed by atoms with Crippen LogP contribution in [-0.2, 0) is 16.1 Å². The Bertz CT molecular complexity index is 602. The lowest BCUT2D eigenvalue weighted by Gasteiger charge is -2.36. The maximum Gasteiger partial charge on any atom is 0.227 e. The minimum absolute atomic E-state index is 0.0690. The maximum atomic E-state index is 12.7. The Morgan fingerprint density at radius 1 is 1.29 bits per heavy atom. The van der Waals surface area contributed by atoms with Crippen molar-refractivity contribution in [3.63, 3.8) is 0 Å². The van der Waals surface area contributed by atoms with Gasteiger partial charge >= 0.3 is 0 Å². The summed E-state index contributed by atoms with van der Waals surface area (Å²) in [6.07, 6.45) is 1.12. The third kappa shape index (κ3) is 3.86. The summed E-state index contributed by atoms with van der Waals surface area (Å²) in [6.45, 7) is 2.68. The average Bonchev–Trinajstić information content (AvgIpc) is 2.64. The summed E-state index contributed by atoms with van der Waals surface area (Å²) < 4.78 is 5.38. The third-order valence-corrected chi connectivity index (χ3v) is 5.67. The molecule has 6 heteroatoms. The predicted octanol–water partition coefficient (Wildman–Crippen LogP) is 2.01. The van der Waals surface area contributed by atoms with Crippen LogP contribution in [-0.4, -0.2) is 59.9 Å². The first-order valence-corrected chi connectivity index (χ1v) is 9.60. The molecule has 5 nitrogen and oxygen atoms in total. The van der Waals surface area contributed by atoms with Crippen LogP contribution in [0.1, 0.15) is 18.4 Å². The molecule has 0 radical (unpaired) electrons. The number of likely N-dealkylation sites (tertiary alicyclic amines) is 1. The molecule has 0 unspecified atom stereocenters. The van der Waals surface area contributed by atoms with Gasteiger partial charge in [0, 0.05) is 49.7 Å². The second-order valence-corrected chi connectivity index (χ2v) is 7.48. The highest BCUT2D eigenvalue weighted by Gasteiger charge is 2.33. The number of thioether (sulfide) groups is 1. The number of nitrogens with zero attached hydrogens (tertiary/aromatic N) is 2. The summed E-state index contributed by atoms with van der Waals surface area (Å²) in [5, 5.41) is 0. The van der Waals surface area contributed by atoms with Crippen LogP contribution in [0.15, 0.2) is 24.3 Å². The van der Waals surface area contributed by atoms with Crippen molar-refractivity contribution in [1.29, 1.82) is 0 Å². The molecule has 0 aliphatic carbocycles. The van der Waals surface area contributed by atoms with Gasteiger partial charge in [-0.3, -0.25) is 9.59 Å². The number of ether oxygens (including phenoxy) is 1. The number of rotatable bonds is 4. The van der Waals surface area contributed by atoms with Gasteiger partial charge in [-0.05, 0) is 12.5 Å². The zero-order valence-corrected chi connectivity index (χ0v) is 14.9. The van der Waals surface area contributed by atoms with Crippen LogP contribution < -0.4 is 4.74 Å².